The molecule has 4 atom stereocenters. The highest BCUT2D eigenvalue weighted by molar-refractivity contribution is 5.98. The lowest BCUT2D eigenvalue weighted by atomic mass is 9.82. The van der Waals surface area contributed by atoms with Gasteiger partial charge >= 0.3 is 0 Å². The van der Waals surface area contributed by atoms with Gasteiger partial charge in [0.15, 0.2) is 0 Å². The number of carbonyl (C=O) groups excluding carboxylic acids is 3. The molecule has 2 bridgehead atoms. The minimum atomic E-state index is -1.16. The van der Waals surface area contributed by atoms with Gasteiger partial charge in [0.05, 0.1) is 5.92 Å². The van der Waals surface area contributed by atoms with E-state index in [4.69, 9.17) is 0 Å². The summed E-state index contributed by atoms with van der Waals surface area (Å²) in [6.45, 7) is 0. The van der Waals surface area contributed by atoms with Crippen LogP contribution in [0.25, 0.3) is 0 Å². The average Bonchev–Trinajstić information content (AvgIpc) is 3.31. The summed E-state index contributed by atoms with van der Waals surface area (Å²) in [5.41, 5.74) is 1.11. The Morgan fingerprint density at radius 3 is 2.18 bits per heavy atom. The molecule has 2 N–H and O–H groups in total. The van der Waals surface area contributed by atoms with Crippen molar-refractivity contribution in [1.82, 2.24) is 5.32 Å². The first-order valence-corrected chi connectivity index (χ1v) is 10.1. The second-order valence-corrected chi connectivity index (χ2v) is 8.19. The summed E-state index contributed by atoms with van der Waals surface area (Å²) in [4.78, 5) is 36.5. The largest absolute Gasteiger partial charge is 0.550 e. The van der Waals surface area contributed by atoms with Crippen LogP contribution in [0.1, 0.15) is 48.9 Å². The predicted octanol–water partition coefficient (Wildman–Crippen LogP) is 1.88. The van der Waals surface area contributed by atoms with Gasteiger partial charge < -0.3 is 20.5 Å². The van der Waals surface area contributed by atoms with Crippen LogP contribution in [-0.4, -0.2) is 23.8 Å². The Labute approximate surface area is 164 Å². The van der Waals surface area contributed by atoms with Crippen molar-refractivity contribution >= 4 is 23.5 Å². The molecule has 1 aromatic carbocycles. The third-order valence-electron chi connectivity index (χ3n) is 6.39. The molecule has 3 aliphatic carbocycles. The van der Waals surface area contributed by atoms with Crippen molar-refractivity contribution in [1.29, 1.82) is 0 Å². The lowest BCUT2D eigenvalue weighted by Gasteiger charge is -2.27. The highest BCUT2D eigenvalue weighted by Gasteiger charge is 2.48. The van der Waals surface area contributed by atoms with Gasteiger partial charge in [-0.3, -0.25) is 9.59 Å². The van der Waals surface area contributed by atoms with Gasteiger partial charge in [-0.05, 0) is 55.4 Å². The van der Waals surface area contributed by atoms with E-state index in [1.54, 1.807) is 24.3 Å². The molecule has 2 saturated carbocycles. The highest BCUT2D eigenvalue weighted by atomic mass is 16.4. The molecule has 1 aromatic rings. The molecule has 0 heterocycles. The fourth-order valence-electron chi connectivity index (χ4n) is 4.95. The monoisotopic (exact) mass is 381 g/mol. The van der Waals surface area contributed by atoms with Crippen LogP contribution >= 0.6 is 0 Å². The zero-order chi connectivity index (χ0) is 19.7. The summed E-state index contributed by atoms with van der Waals surface area (Å²) < 4.78 is 0. The second-order valence-electron chi connectivity index (χ2n) is 8.19. The van der Waals surface area contributed by atoms with E-state index in [9.17, 15) is 19.5 Å². The number of benzene rings is 1. The van der Waals surface area contributed by atoms with Gasteiger partial charge in [-0.1, -0.05) is 31.4 Å². The first kappa shape index (κ1) is 18.7. The number of aliphatic carboxylic acids is 1. The fraction of sp³-hybridized carbons (Fsp3) is 0.500. The number of hydrogen-bond donors (Lipinski definition) is 2. The van der Waals surface area contributed by atoms with Crippen molar-refractivity contribution in [3.05, 3.63) is 42.0 Å². The quantitative estimate of drug-likeness (QED) is 0.761. The fourth-order valence-corrected chi connectivity index (χ4v) is 4.95. The number of fused-ring (bicyclic) bond motifs is 2. The third kappa shape index (κ3) is 3.68. The van der Waals surface area contributed by atoms with Crippen LogP contribution in [-0.2, 0) is 9.59 Å². The summed E-state index contributed by atoms with van der Waals surface area (Å²) in [5.74, 6) is -3.09. The molecule has 148 valence electrons. The molecule has 6 nitrogen and oxygen atoms in total. The predicted molar refractivity (Wildman–Crippen MR) is 102 cm³/mol. The van der Waals surface area contributed by atoms with Crippen molar-refractivity contribution in [2.24, 2.45) is 23.7 Å². The SMILES string of the molecule is O=C(NC1CCCCC1)c1ccc(NC(=O)[C@H]2[C@@H](C(=O)[O-])[C@H]3C=C[C@H]2C3)cc1. The number of allylic oxidation sites excluding steroid dienone is 2. The Hall–Kier alpha value is -2.63. The van der Waals surface area contributed by atoms with Crippen LogP contribution in [0.2, 0.25) is 0 Å². The summed E-state index contributed by atoms with van der Waals surface area (Å²) in [7, 11) is 0. The average molecular weight is 381 g/mol. The van der Waals surface area contributed by atoms with Crippen LogP contribution in [0.15, 0.2) is 36.4 Å². The number of amides is 2. The summed E-state index contributed by atoms with van der Waals surface area (Å²) in [6.07, 6.45) is 10.1. The number of carboxylic acids is 1. The van der Waals surface area contributed by atoms with Gasteiger partial charge in [0.25, 0.3) is 5.91 Å². The Bertz CT molecular complexity index is 795. The Morgan fingerprint density at radius 1 is 0.893 bits per heavy atom. The van der Waals surface area contributed by atoms with Crippen LogP contribution in [0.3, 0.4) is 0 Å². The minimum absolute atomic E-state index is 0.0477. The third-order valence-corrected chi connectivity index (χ3v) is 6.39. The van der Waals surface area contributed by atoms with Crippen molar-refractivity contribution < 1.29 is 19.5 Å². The molecule has 6 heteroatoms. The lowest BCUT2D eigenvalue weighted by Crippen LogP contribution is -2.42. The molecule has 0 aromatic heterocycles. The summed E-state index contributed by atoms with van der Waals surface area (Å²) in [5, 5.41) is 17.3. The molecule has 4 rings (SSSR count). The van der Waals surface area contributed by atoms with Gasteiger partial charge in [-0.25, -0.2) is 0 Å². The molecular formula is C22H25N2O4-. The number of rotatable bonds is 5. The standard InChI is InChI=1S/C22H26N2O4/c25-20(23-16-4-2-1-3-5-16)13-8-10-17(11-9-13)24-21(26)18-14-6-7-15(12-14)19(18)22(27)28/h6-11,14-16,18-19H,1-5,12H2,(H,23,25)(H,24,26)(H,27,28)/p-1/t14-,15-,18+,19-/m0/s1. The molecule has 3 aliphatic rings. The van der Waals surface area contributed by atoms with Gasteiger partial charge in [0.2, 0.25) is 5.91 Å². The van der Waals surface area contributed by atoms with Crippen LogP contribution < -0.4 is 15.7 Å². The summed E-state index contributed by atoms with van der Waals surface area (Å²) in [6, 6.07) is 6.98. The lowest BCUT2D eigenvalue weighted by molar-refractivity contribution is -0.313. The molecule has 2 amide bonds. The zero-order valence-corrected chi connectivity index (χ0v) is 15.7. The highest BCUT2D eigenvalue weighted by Crippen LogP contribution is 2.48. The van der Waals surface area contributed by atoms with E-state index >= 15 is 0 Å². The van der Waals surface area contributed by atoms with E-state index in [1.807, 2.05) is 12.2 Å². The van der Waals surface area contributed by atoms with Gasteiger partial charge in [0.1, 0.15) is 0 Å². The van der Waals surface area contributed by atoms with Crippen molar-refractivity contribution in [2.75, 3.05) is 5.32 Å². The molecule has 0 unspecified atom stereocenters. The van der Waals surface area contributed by atoms with E-state index in [2.05, 4.69) is 10.6 Å². The van der Waals surface area contributed by atoms with Gasteiger partial charge in [0, 0.05) is 29.2 Å². The van der Waals surface area contributed by atoms with Crippen LogP contribution in [0.5, 0.6) is 0 Å². The maximum atomic E-state index is 12.7. The molecule has 28 heavy (non-hydrogen) atoms. The Kier molecular flexibility index (Phi) is 5.20. The number of anilines is 1. The van der Waals surface area contributed by atoms with Gasteiger partial charge in [-0.2, -0.15) is 0 Å². The van der Waals surface area contributed by atoms with E-state index < -0.39 is 17.8 Å². The zero-order valence-electron chi connectivity index (χ0n) is 15.7. The van der Waals surface area contributed by atoms with E-state index in [0.717, 1.165) is 25.7 Å². The van der Waals surface area contributed by atoms with Crippen molar-refractivity contribution in [3.8, 4) is 0 Å². The molecule has 0 aliphatic heterocycles. The maximum absolute atomic E-state index is 12.7. The van der Waals surface area contributed by atoms with Gasteiger partial charge in [-0.15, -0.1) is 0 Å². The minimum Gasteiger partial charge on any atom is -0.550 e. The Balaban J connectivity index is 1.37. The molecule has 0 spiro atoms. The normalized spacial score (nSPS) is 28.9. The second kappa shape index (κ2) is 7.78. The molecule has 2 fully saturated rings. The number of carboxylic acid groups (broad SMARTS) is 1. The van der Waals surface area contributed by atoms with Crippen molar-refractivity contribution in [2.45, 2.75) is 44.6 Å². The Morgan fingerprint density at radius 2 is 1.54 bits per heavy atom. The first-order valence-electron chi connectivity index (χ1n) is 10.1. The maximum Gasteiger partial charge on any atom is 0.251 e. The summed E-state index contributed by atoms with van der Waals surface area (Å²) >= 11 is 0. The van der Waals surface area contributed by atoms with Crippen LogP contribution in [0, 0.1) is 23.7 Å². The van der Waals surface area contributed by atoms with Crippen molar-refractivity contribution in [3.63, 3.8) is 0 Å². The van der Waals surface area contributed by atoms with E-state index in [-0.39, 0.29) is 29.7 Å². The molecular weight excluding hydrogens is 356 g/mol. The van der Waals surface area contributed by atoms with E-state index in [1.165, 1.54) is 6.42 Å². The number of hydrogen-bond acceptors (Lipinski definition) is 4. The van der Waals surface area contributed by atoms with Crippen LogP contribution in [0.4, 0.5) is 5.69 Å². The smallest absolute Gasteiger partial charge is 0.251 e. The molecule has 0 radical (unpaired) electrons. The molecule has 0 saturated heterocycles. The first-order chi connectivity index (χ1) is 13.5. The number of carbonyl (C=O) groups is 3. The number of nitrogens with one attached hydrogen (secondary N) is 2. The topological polar surface area (TPSA) is 98.3 Å². The van der Waals surface area contributed by atoms with E-state index in [0.29, 0.717) is 17.7 Å².